The summed E-state index contributed by atoms with van der Waals surface area (Å²) in [5.41, 5.74) is 6.71. The van der Waals surface area contributed by atoms with E-state index in [0.29, 0.717) is 17.8 Å². The van der Waals surface area contributed by atoms with Crippen molar-refractivity contribution in [1.29, 1.82) is 0 Å². The summed E-state index contributed by atoms with van der Waals surface area (Å²) in [6.45, 7) is 0.708. The van der Waals surface area contributed by atoms with E-state index in [1.165, 1.54) is 18.9 Å². The molecule has 1 saturated carbocycles. The molecule has 1 unspecified atom stereocenters. The molecule has 0 radical (unpaired) electrons. The van der Waals surface area contributed by atoms with Gasteiger partial charge < -0.3 is 15.6 Å². The summed E-state index contributed by atoms with van der Waals surface area (Å²) in [4.78, 5) is 23.8. The summed E-state index contributed by atoms with van der Waals surface area (Å²) in [7, 11) is 0. The minimum absolute atomic E-state index is 0.0296. The van der Waals surface area contributed by atoms with E-state index in [-0.39, 0.29) is 23.9 Å². The minimum Gasteiger partial charge on any atom is -0.353 e. The average Bonchev–Trinajstić information content (AvgIpc) is 3.33. The zero-order valence-electron chi connectivity index (χ0n) is 11.8. The van der Waals surface area contributed by atoms with E-state index in [4.69, 9.17) is 5.73 Å². The first-order valence-corrected chi connectivity index (χ1v) is 7.25. The van der Waals surface area contributed by atoms with Crippen LogP contribution in [0, 0.1) is 5.92 Å². The van der Waals surface area contributed by atoms with Crippen LogP contribution >= 0.6 is 0 Å². The van der Waals surface area contributed by atoms with Gasteiger partial charge in [-0.25, -0.2) is 0 Å². The second kappa shape index (κ2) is 5.69. The lowest BCUT2D eigenvalue weighted by Crippen LogP contribution is -2.39. The average molecular weight is 285 g/mol. The molecule has 1 fully saturated rings. The van der Waals surface area contributed by atoms with Crippen LogP contribution in [-0.2, 0) is 11.3 Å². The molecular formula is C16H19N3O2. The van der Waals surface area contributed by atoms with Gasteiger partial charge in [-0.15, -0.1) is 0 Å². The van der Waals surface area contributed by atoms with Crippen molar-refractivity contribution in [1.82, 2.24) is 9.88 Å². The highest BCUT2D eigenvalue weighted by Gasteiger charge is 2.28. The molecule has 1 aliphatic rings. The minimum atomic E-state index is -0.0834. The summed E-state index contributed by atoms with van der Waals surface area (Å²) >= 11 is 0. The number of benzene rings is 1. The number of nitrogens with two attached hydrogens (primary N) is 1. The molecule has 1 heterocycles. The molecule has 5 nitrogen and oxygen atoms in total. The first-order chi connectivity index (χ1) is 10.1. The van der Waals surface area contributed by atoms with E-state index >= 15 is 0 Å². The number of amides is 1. The number of para-hydroxylation sites is 1. The molecule has 1 aliphatic carbocycles. The molecular weight excluding hydrogens is 266 g/mol. The Labute approximate surface area is 122 Å². The topological polar surface area (TPSA) is 77.1 Å². The van der Waals surface area contributed by atoms with Crippen LogP contribution in [0.3, 0.4) is 0 Å². The summed E-state index contributed by atoms with van der Waals surface area (Å²) in [6.07, 6.45) is 3.99. The molecule has 5 heteroatoms. The van der Waals surface area contributed by atoms with Gasteiger partial charge in [-0.2, -0.15) is 0 Å². The van der Waals surface area contributed by atoms with E-state index in [0.717, 1.165) is 5.52 Å². The predicted octanol–water partition coefficient (Wildman–Crippen LogP) is 0.855. The number of rotatable bonds is 5. The highest BCUT2D eigenvalue weighted by atomic mass is 16.2. The van der Waals surface area contributed by atoms with E-state index in [1.807, 2.05) is 18.2 Å². The van der Waals surface area contributed by atoms with Crippen molar-refractivity contribution < 1.29 is 4.79 Å². The summed E-state index contributed by atoms with van der Waals surface area (Å²) < 4.78 is 1.79. The van der Waals surface area contributed by atoms with Crippen LogP contribution < -0.4 is 16.5 Å². The van der Waals surface area contributed by atoms with Crippen LogP contribution in [0.2, 0.25) is 0 Å². The Balaban J connectivity index is 1.71. The normalized spacial score (nSPS) is 15.9. The fourth-order valence-electron chi connectivity index (χ4n) is 2.53. The molecule has 1 aromatic heterocycles. The third-order valence-corrected chi connectivity index (χ3v) is 3.96. The lowest BCUT2D eigenvalue weighted by molar-refractivity contribution is -0.121. The Hall–Kier alpha value is -2.14. The number of fused-ring (bicyclic) bond motifs is 1. The van der Waals surface area contributed by atoms with E-state index < -0.39 is 0 Å². The lowest BCUT2D eigenvalue weighted by Gasteiger charge is -2.13. The summed E-state index contributed by atoms with van der Waals surface area (Å²) in [6, 6.07) is 8.85. The smallest absolute Gasteiger partial charge is 0.239 e. The number of aromatic nitrogens is 1. The Kier molecular flexibility index (Phi) is 3.75. The van der Waals surface area contributed by atoms with Gasteiger partial charge in [0.15, 0.2) is 5.43 Å². The molecule has 110 valence electrons. The number of carbonyl (C=O) groups excluding carboxylic acids is 1. The third kappa shape index (κ3) is 3.13. The zero-order chi connectivity index (χ0) is 14.8. The molecule has 0 bridgehead atoms. The van der Waals surface area contributed by atoms with Crippen LogP contribution in [0.5, 0.6) is 0 Å². The number of pyridine rings is 1. The van der Waals surface area contributed by atoms with Crippen LogP contribution in [-0.4, -0.2) is 23.1 Å². The Morgan fingerprint density at radius 2 is 2.10 bits per heavy atom. The first-order valence-electron chi connectivity index (χ1n) is 7.25. The standard InChI is InChI=1S/C16H19N3O2/c17-13(11-5-6-11)9-18-16(21)10-19-8-7-15(20)12-3-1-2-4-14(12)19/h1-4,7-8,11,13H,5-6,9-10,17H2,(H,18,21). The number of carbonyl (C=O) groups is 1. The number of hydrogen-bond acceptors (Lipinski definition) is 3. The zero-order valence-corrected chi connectivity index (χ0v) is 11.8. The predicted molar refractivity (Wildman–Crippen MR) is 81.9 cm³/mol. The lowest BCUT2D eigenvalue weighted by atomic mass is 10.2. The second-order valence-electron chi connectivity index (χ2n) is 5.63. The van der Waals surface area contributed by atoms with Crippen molar-refractivity contribution in [3.8, 4) is 0 Å². The second-order valence-corrected chi connectivity index (χ2v) is 5.63. The van der Waals surface area contributed by atoms with Crippen LogP contribution in [0.15, 0.2) is 41.3 Å². The van der Waals surface area contributed by atoms with E-state index in [1.54, 1.807) is 16.8 Å². The highest BCUT2D eigenvalue weighted by Crippen LogP contribution is 2.31. The van der Waals surface area contributed by atoms with Crippen LogP contribution in [0.4, 0.5) is 0 Å². The summed E-state index contributed by atoms with van der Waals surface area (Å²) in [5, 5.41) is 3.50. The summed E-state index contributed by atoms with van der Waals surface area (Å²) in [5.74, 6) is 0.485. The maximum atomic E-state index is 12.0. The van der Waals surface area contributed by atoms with Crippen molar-refractivity contribution >= 4 is 16.8 Å². The monoisotopic (exact) mass is 285 g/mol. The van der Waals surface area contributed by atoms with Crippen LogP contribution in [0.1, 0.15) is 12.8 Å². The molecule has 3 rings (SSSR count). The van der Waals surface area contributed by atoms with Gasteiger partial charge in [-0.05, 0) is 30.9 Å². The van der Waals surface area contributed by atoms with Gasteiger partial charge in [-0.1, -0.05) is 12.1 Å². The molecule has 0 saturated heterocycles. The van der Waals surface area contributed by atoms with E-state index in [2.05, 4.69) is 5.32 Å². The molecule has 1 amide bonds. The molecule has 21 heavy (non-hydrogen) atoms. The van der Waals surface area contributed by atoms with Crippen molar-refractivity contribution in [2.75, 3.05) is 6.54 Å². The maximum Gasteiger partial charge on any atom is 0.239 e. The fraction of sp³-hybridized carbons (Fsp3) is 0.375. The largest absolute Gasteiger partial charge is 0.353 e. The van der Waals surface area contributed by atoms with Crippen molar-refractivity contribution in [2.45, 2.75) is 25.4 Å². The van der Waals surface area contributed by atoms with Gasteiger partial charge in [-0.3, -0.25) is 9.59 Å². The Bertz CT molecular complexity index is 719. The number of nitrogens with zero attached hydrogens (tertiary/aromatic N) is 1. The number of hydrogen-bond donors (Lipinski definition) is 2. The molecule has 1 aromatic carbocycles. The van der Waals surface area contributed by atoms with Crippen molar-refractivity contribution in [2.24, 2.45) is 11.7 Å². The van der Waals surface area contributed by atoms with E-state index in [9.17, 15) is 9.59 Å². The van der Waals surface area contributed by atoms with Gasteiger partial charge >= 0.3 is 0 Å². The van der Waals surface area contributed by atoms with Gasteiger partial charge in [0.1, 0.15) is 6.54 Å². The molecule has 0 spiro atoms. The molecule has 0 aliphatic heterocycles. The van der Waals surface area contributed by atoms with Crippen molar-refractivity contribution in [3.63, 3.8) is 0 Å². The quantitative estimate of drug-likeness (QED) is 0.855. The third-order valence-electron chi connectivity index (χ3n) is 3.96. The van der Waals surface area contributed by atoms with Gasteiger partial charge in [0.2, 0.25) is 5.91 Å². The van der Waals surface area contributed by atoms with Gasteiger partial charge in [0.25, 0.3) is 0 Å². The molecule has 2 aromatic rings. The van der Waals surface area contributed by atoms with Gasteiger partial charge in [0, 0.05) is 30.2 Å². The first kappa shape index (κ1) is 13.8. The fourth-order valence-corrected chi connectivity index (χ4v) is 2.53. The maximum absolute atomic E-state index is 12.0. The van der Waals surface area contributed by atoms with Gasteiger partial charge in [0.05, 0.1) is 5.52 Å². The number of nitrogens with one attached hydrogen (secondary N) is 1. The molecule has 3 N–H and O–H groups in total. The highest BCUT2D eigenvalue weighted by molar-refractivity contribution is 5.82. The Morgan fingerprint density at radius 3 is 2.86 bits per heavy atom. The SMILES string of the molecule is NC(CNC(=O)Cn1ccc(=O)c2ccccc21)C1CC1. The van der Waals surface area contributed by atoms with Crippen LogP contribution in [0.25, 0.3) is 10.9 Å². The molecule has 1 atom stereocenters. The van der Waals surface area contributed by atoms with Crippen molar-refractivity contribution in [3.05, 3.63) is 46.8 Å². The Morgan fingerprint density at radius 1 is 1.33 bits per heavy atom.